The Bertz CT molecular complexity index is 549. The summed E-state index contributed by atoms with van der Waals surface area (Å²) in [4.78, 5) is 0. The number of hydrogen-bond donors (Lipinski definition) is 1. The Morgan fingerprint density at radius 3 is 2.28 bits per heavy atom. The summed E-state index contributed by atoms with van der Waals surface area (Å²) in [5.74, 6) is 0. The molecule has 0 radical (unpaired) electrons. The molecule has 0 saturated carbocycles. The molecule has 0 aromatic heterocycles. The van der Waals surface area contributed by atoms with Crippen LogP contribution in [0.5, 0.6) is 0 Å². The van der Waals surface area contributed by atoms with Crippen LogP contribution >= 0.6 is 15.9 Å². The number of halogens is 1. The predicted octanol–water partition coefficient (Wildman–Crippen LogP) is 4.37. The summed E-state index contributed by atoms with van der Waals surface area (Å²) in [6.45, 7) is 4.31. The highest BCUT2D eigenvalue weighted by Crippen LogP contribution is 2.30. The number of aryl methyl sites for hydroxylation is 1. The molecule has 0 amide bonds. The summed E-state index contributed by atoms with van der Waals surface area (Å²) in [7, 11) is 2.01. The second kappa shape index (κ2) is 5.68. The Kier molecular flexibility index (Phi) is 4.20. The minimum Gasteiger partial charge on any atom is -0.309 e. The molecule has 0 spiro atoms. The van der Waals surface area contributed by atoms with Gasteiger partial charge in [-0.1, -0.05) is 52.3 Å². The molecule has 94 valence electrons. The second-order valence-electron chi connectivity index (χ2n) is 4.53. The van der Waals surface area contributed by atoms with Gasteiger partial charge in [-0.3, -0.25) is 0 Å². The lowest BCUT2D eigenvalue weighted by Gasteiger charge is -2.21. The lowest BCUT2D eigenvalue weighted by atomic mass is 9.92. The Hall–Kier alpha value is -1.12. The molecule has 2 aromatic rings. The van der Waals surface area contributed by atoms with Gasteiger partial charge in [-0.15, -0.1) is 0 Å². The maximum atomic E-state index is 3.61. The van der Waals surface area contributed by atoms with Crippen molar-refractivity contribution >= 4 is 15.9 Å². The van der Waals surface area contributed by atoms with Crippen LogP contribution in [0.25, 0.3) is 0 Å². The molecule has 0 aliphatic heterocycles. The third-order valence-electron chi connectivity index (χ3n) is 3.41. The van der Waals surface area contributed by atoms with Gasteiger partial charge in [0, 0.05) is 4.47 Å². The van der Waals surface area contributed by atoms with Crippen LogP contribution in [0, 0.1) is 13.8 Å². The molecule has 1 atom stereocenters. The molecule has 2 aromatic carbocycles. The summed E-state index contributed by atoms with van der Waals surface area (Å²) in [5.41, 5.74) is 5.26. The van der Waals surface area contributed by atoms with Gasteiger partial charge in [-0.05, 0) is 49.2 Å². The van der Waals surface area contributed by atoms with E-state index in [0.717, 1.165) is 4.47 Å². The van der Waals surface area contributed by atoms with E-state index in [4.69, 9.17) is 0 Å². The topological polar surface area (TPSA) is 12.0 Å². The van der Waals surface area contributed by atoms with Crippen LogP contribution in [0.2, 0.25) is 0 Å². The van der Waals surface area contributed by atoms with E-state index >= 15 is 0 Å². The van der Waals surface area contributed by atoms with Gasteiger partial charge in [0.2, 0.25) is 0 Å². The molecule has 1 N–H and O–H groups in total. The van der Waals surface area contributed by atoms with E-state index in [1.54, 1.807) is 0 Å². The molecule has 0 bridgehead atoms. The van der Waals surface area contributed by atoms with Gasteiger partial charge in [0.15, 0.2) is 0 Å². The summed E-state index contributed by atoms with van der Waals surface area (Å²) in [6, 6.07) is 15.1. The van der Waals surface area contributed by atoms with Crippen LogP contribution in [-0.4, -0.2) is 7.05 Å². The fourth-order valence-electron chi connectivity index (χ4n) is 2.33. The largest absolute Gasteiger partial charge is 0.309 e. The third kappa shape index (κ3) is 2.50. The van der Waals surface area contributed by atoms with Crippen LogP contribution < -0.4 is 5.32 Å². The quantitative estimate of drug-likeness (QED) is 0.887. The molecule has 0 aliphatic carbocycles. The molecule has 18 heavy (non-hydrogen) atoms. The first-order valence-electron chi connectivity index (χ1n) is 6.13. The van der Waals surface area contributed by atoms with Crippen molar-refractivity contribution in [3.63, 3.8) is 0 Å². The SMILES string of the molecule is CNC(c1ccccc1C)c1cccc(Br)c1C. The molecule has 2 rings (SSSR count). The second-order valence-corrected chi connectivity index (χ2v) is 5.39. The monoisotopic (exact) mass is 303 g/mol. The van der Waals surface area contributed by atoms with Crippen LogP contribution in [0.4, 0.5) is 0 Å². The van der Waals surface area contributed by atoms with E-state index < -0.39 is 0 Å². The minimum absolute atomic E-state index is 0.240. The van der Waals surface area contributed by atoms with E-state index in [2.05, 4.69) is 77.6 Å². The van der Waals surface area contributed by atoms with E-state index in [-0.39, 0.29) is 6.04 Å². The van der Waals surface area contributed by atoms with Crippen LogP contribution in [0.1, 0.15) is 28.3 Å². The predicted molar refractivity (Wildman–Crippen MR) is 81.0 cm³/mol. The summed E-state index contributed by atoms with van der Waals surface area (Å²) in [5, 5.41) is 3.42. The Morgan fingerprint density at radius 1 is 0.944 bits per heavy atom. The minimum atomic E-state index is 0.240. The molecule has 2 heteroatoms. The number of rotatable bonds is 3. The van der Waals surface area contributed by atoms with Crippen molar-refractivity contribution in [1.82, 2.24) is 5.32 Å². The fraction of sp³-hybridized carbons (Fsp3) is 0.250. The van der Waals surface area contributed by atoms with Crippen LogP contribution in [0.15, 0.2) is 46.9 Å². The summed E-state index contributed by atoms with van der Waals surface area (Å²) in [6.07, 6.45) is 0. The van der Waals surface area contributed by atoms with E-state index in [9.17, 15) is 0 Å². The normalized spacial score (nSPS) is 12.4. The fourth-order valence-corrected chi connectivity index (χ4v) is 2.71. The van der Waals surface area contributed by atoms with Gasteiger partial charge in [0.05, 0.1) is 6.04 Å². The zero-order valence-corrected chi connectivity index (χ0v) is 12.6. The van der Waals surface area contributed by atoms with Gasteiger partial charge >= 0.3 is 0 Å². The Balaban J connectivity index is 2.53. The summed E-state index contributed by atoms with van der Waals surface area (Å²) >= 11 is 3.61. The lowest BCUT2D eigenvalue weighted by Crippen LogP contribution is -2.19. The average Bonchev–Trinajstić information content (AvgIpc) is 2.37. The van der Waals surface area contributed by atoms with Gasteiger partial charge in [0.25, 0.3) is 0 Å². The highest BCUT2D eigenvalue weighted by atomic mass is 79.9. The van der Waals surface area contributed by atoms with E-state index in [0.29, 0.717) is 0 Å². The standard InChI is InChI=1S/C16H18BrN/c1-11-7-4-5-8-13(11)16(18-3)14-9-6-10-15(17)12(14)2/h4-10,16,18H,1-3H3. The van der Waals surface area contributed by atoms with Gasteiger partial charge in [0.1, 0.15) is 0 Å². The maximum Gasteiger partial charge on any atom is 0.0579 e. The van der Waals surface area contributed by atoms with Crippen molar-refractivity contribution in [2.75, 3.05) is 7.05 Å². The maximum absolute atomic E-state index is 3.61. The Labute approximate surface area is 117 Å². The van der Waals surface area contributed by atoms with Crippen molar-refractivity contribution < 1.29 is 0 Å². The number of nitrogens with one attached hydrogen (secondary N) is 1. The van der Waals surface area contributed by atoms with Gasteiger partial charge < -0.3 is 5.32 Å². The highest BCUT2D eigenvalue weighted by molar-refractivity contribution is 9.10. The van der Waals surface area contributed by atoms with Gasteiger partial charge in [-0.2, -0.15) is 0 Å². The van der Waals surface area contributed by atoms with Gasteiger partial charge in [-0.25, -0.2) is 0 Å². The smallest absolute Gasteiger partial charge is 0.0579 e. The molecule has 0 heterocycles. The molecular formula is C16H18BrN. The van der Waals surface area contributed by atoms with Crippen molar-refractivity contribution in [2.24, 2.45) is 0 Å². The zero-order chi connectivity index (χ0) is 13.1. The zero-order valence-electron chi connectivity index (χ0n) is 11.0. The first kappa shape index (κ1) is 13.3. The molecule has 0 fully saturated rings. The highest BCUT2D eigenvalue weighted by Gasteiger charge is 2.16. The number of hydrogen-bond acceptors (Lipinski definition) is 1. The molecule has 0 saturated heterocycles. The molecular weight excluding hydrogens is 286 g/mol. The molecule has 1 unspecified atom stereocenters. The first-order valence-corrected chi connectivity index (χ1v) is 6.92. The summed E-state index contributed by atoms with van der Waals surface area (Å²) < 4.78 is 1.16. The Morgan fingerprint density at radius 2 is 1.61 bits per heavy atom. The van der Waals surface area contributed by atoms with Crippen LogP contribution in [0.3, 0.4) is 0 Å². The average molecular weight is 304 g/mol. The van der Waals surface area contributed by atoms with Crippen molar-refractivity contribution in [3.05, 3.63) is 69.2 Å². The molecule has 1 nitrogen and oxygen atoms in total. The lowest BCUT2D eigenvalue weighted by molar-refractivity contribution is 0.683. The number of benzene rings is 2. The molecule has 0 aliphatic rings. The van der Waals surface area contributed by atoms with Crippen molar-refractivity contribution in [2.45, 2.75) is 19.9 Å². The van der Waals surface area contributed by atoms with Crippen molar-refractivity contribution in [1.29, 1.82) is 0 Å². The van der Waals surface area contributed by atoms with Crippen molar-refractivity contribution in [3.8, 4) is 0 Å². The van der Waals surface area contributed by atoms with E-state index in [1.807, 2.05) is 7.05 Å². The first-order chi connectivity index (χ1) is 8.65. The van der Waals surface area contributed by atoms with Crippen LogP contribution in [-0.2, 0) is 0 Å². The third-order valence-corrected chi connectivity index (χ3v) is 4.27. The van der Waals surface area contributed by atoms with E-state index in [1.165, 1.54) is 22.3 Å².